The highest BCUT2D eigenvalue weighted by atomic mass is 16.1. The molecule has 70 valence electrons. The maximum atomic E-state index is 11.7. The van der Waals surface area contributed by atoms with Crippen LogP contribution in [0.25, 0.3) is 0 Å². The summed E-state index contributed by atoms with van der Waals surface area (Å²) in [6.45, 7) is 2.44. The predicted octanol–water partition coefficient (Wildman–Crippen LogP) is -1.19. The lowest BCUT2D eigenvalue weighted by atomic mass is 10.3. The van der Waals surface area contributed by atoms with Gasteiger partial charge < -0.3 is 11.1 Å². The van der Waals surface area contributed by atoms with Crippen molar-refractivity contribution in [2.45, 2.75) is 19.6 Å². The lowest BCUT2D eigenvalue weighted by Crippen LogP contribution is -2.38. The van der Waals surface area contributed by atoms with Gasteiger partial charge in [-0.3, -0.25) is 9.36 Å². The van der Waals surface area contributed by atoms with E-state index in [-0.39, 0.29) is 12.1 Å². The summed E-state index contributed by atoms with van der Waals surface area (Å²) < 4.78 is 1.69. The van der Waals surface area contributed by atoms with Gasteiger partial charge in [-0.2, -0.15) is 0 Å². The molecule has 0 saturated carbocycles. The number of aromatic nitrogens is 2. The van der Waals surface area contributed by atoms with Gasteiger partial charge >= 0.3 is 0 Å². The van der Waals surface area contributed by atoms with Crippen molar-refractivity contribution in [3.05, 3.63) is 27.9 Å². The van der Waals surface area contributed by atoms with E-state index >= 15 is 0 Å². The largest absolute Gasteiger partial charge is 0.326 e. The van der Waals surface area contributed by atoms with Crippen LogP contribution in [-0.4, -0.2) is 16.1 Å². The van der Waals surface area contributed by atoms with E-state index in [1.54, 1.807) is 10.8 Å². The van der Waals surface area contributed by atoms with Gasteiger partial charge in [-0.05, 0) is 0 Å². The van der Waals surface area contributed by atoms with Crippen molar-refractivity contribution < 1.29 is 0 Å². The van der Waals surface area contributed by atoms with Crippen LogP contribution >= 0.6 is 0 Å². The van der Waals surface area contributed by atoms with E-state index in [0.717, 1.165) is 12.4 Å². The van der Waals surface area contributed by atoms with Crippen LogP contribution < -0.4 is 16.6 Å². The second kappa shape index (κ2) is 3.27. The molecule has 0 spiro atoms. The molecule has 0 saturated heterocycles. The summed E-state index contributed by atoms with van der Waals surface area (Å²) in [5, 5.41) is 3.15. The van der Waals surface area contributed by atoms with Crippen molar-refractivity contribution in [1.82, 2.24) is 14.9 Å². The Morgan fingerprint density at radius 1 is 1.69 bits per heavy atom. The van der Waals surface area contributed by atoms with Crippen molar-refractivity contribution >= 4 is 0 Å². The summed E-state index contributed by atoms with van der Waals surface area (Å²) in [4.78, 5) is 15.8. The Morgan fingerprint density at radius 2 is 2.54 bits per heavy atom. The molecule has 1 aromatic heterocycles. The Morgan fingerprint density at radius 3 is 3.31 bits per heavy atom. The third-order valence-electron chi connectivity index (χ3n) is 2.22. The molecule has 1 aliphatic rings. The van der Waals surface area contributed by atoms with E-state index in [4.69, 9.17) is 5.73 Å². The monoisotopic (exact) mass is 180 g/mol. The highest BCUT2D eigenvalue weighted by molar-refractivity contribution is 5.08. The van der Waals surface area contributed by atoms with E-state index in [9.17, 15) is 4.79 Å². The van der Waals surface area contributed by atoms with Gasteiger partial charge in [0, 0.05) is 31.4 Å². The standard InChI is InChI=1S/C8H12N4O/c9-3-6-4-11-7-5-10-1-2-12(7)8(6)13/h4,10H,1-3,5,9H2. The third-order valence-corrected chi connectivity index (χ3v) is 2.22. The molecule has 0 radical (unpaired) electrons. The SMILES string of the molecule is NCc1cnc2n(c1=O)CCNC2. The van der Waals surface area contributed by atoms with E-state index in [2.05, 4.69) is 10.3 Å². The van der Waals surface area contributed by atoms with Gasteiger partial charge in [0.2, 0.25) is 0 Å². The fourth-order valence-corrected chi connectivity index (χ4v) is 1.47. The lowest BCUT2D eigenvalue weighted by Gasteiger charge is -2.18. The maximum absolute atomic E-state index is 11.7. The molecule has 5 heteroatoms. The molecule has 0 unspecified atom stereocenters. The fraction of sp³-hybridized carbons (Fsp3) is 0.500. The fourth-order valence-electron chi connectivity index (χ4n) is 1.47. The van der Waals surface area contributed by atoms with Crippen molar-refractivity contribution in [2.75, 3.05) is 6.54 Å². The molecule has 1 aliphatic heterocycles. The van der Waals surface area contributed by atoms with Gasteiger partial charge in [-0.1, -0.05) is 0 Å². The quantitative estimate of drug-likeness (QED) is 0.569. The van der Waals surface area contributed by atoms with Gasteiger partial charge in [0.15, 0.2) is 0 Å². The highest BCUT2D eigenvalue weighted by Crippen LogP contribution is 1.98. The van der Waals surface area contributed by atoms with Crippen LogP contribution in [0.1, 0.15) is 11.4 Å². The predicted molar refractivity (Wildman–Crippen MR) is 48.1 cm³/mol. The second-order valence-electron chi connectivity index (χ2n) is 3.04. The van der Waals surface area contributed by atoms with Crippen molar-refractivity contribution in [3.8, 4) is 0 Å². The van der Waals surface area contributed by atoms with Crippen LogP contribution in [0.4, 0.5) is 0 Å². The summed E-state index contributed by atoms with van der Waals surface area (Å²) in [5.74, 6) is 0.799. The molecule has 13 heavy (non-hydrogen) atoms. The number of nitrogens with zero attached hydrogens (tertiary/aromatic N) is 2. The Hall–Kier alpha value is -1.20. The van der Waals surface area contributed by atoms with Gasteiger partial charge in [-0.15, -0.1) is 0 Å². The van der Waals surface area contributed by atoms with Gasteiger partial charge in [-0.25, -0.2) is 4.98 Å². The van der Waals surface area contributed by atoms with Gasteiger partial charge in [0.1, 0.15) is 5.82 Å². The van der Waals surface area contributed by atoms with Crippen LogP contribution in [0, 0.1) is 0 Å². The molecule has 0 atom stereocenters. The third kappa shape index (κ3) is 1.36. The topological polar surface area (TPSA) is 72.9 Å². The number of hydrogen-bond acceptors (Lipinski definition) is 4. The first-order valence-electron chi connectivity index (χ1n) is 4.31. The summed E-state index contributed by atoms with van der Waals surface area (Å²) in [6.07, 6.45) is 1.57. The van der Waals surface area contributed by atoms with Crippen LogP contribution in [0.2, 0.25) is 0 Å². The Labute approximate surface area is 75.6 Å². The zero-order valence-electron chi connectivity index (χ0n) is 7.29. The molecule has 0 fully saturated rings. The average molecular weight is 180 g/mol. The molecule has 0 bridgehead atoms. The first kappa shape index (κ1) is 8.40. The van der Waals surface area contributed by atoms with E-state index in [1.165, 1.54) is 0 Å². The number of hydrogen-bond donors (Lipinski definition) is 2. The Bertz CT molecular complexity index is 371. The molecule has 2 heterocycles. The van der Waals surface area contributed by atoms with E-state index in [1.807, 2.05) is 0 Å². The lowest BCUT2D eigenvalue weighted by molar-refractivity contribution is 0.478. The number of rotatable bonds is 1. The minimum Gasteiger partial charge on any atom is -0.326 e. The van der Waals surface area contributed by atoms with Crippen molar-refractivity contribution in [3.63, 3.8) is 0 Å². The summed E-state index contributed by atoms with van der Waals surface area (Å²) in [7, 11) is 0. The van der Waals surface area contributed by atoms with Crippen LogP contribution in [-0.2, 0) is 19.6 Å². The summed E-state index contributed by atoms with van der Waals surface area (Å²) in [6, 6.07) is 0. The molecular weight excluding hydrogens is 168 g/mol. The molecule has 0 amide bonds. The summed E-state index contributed by atoms with van der Waals surface area (Å²) in [5.41, 5.74) is 6.01. The first-order chi connectivity index (χ1) is 6.33. The molecule has 5 nitrogen and oxygen atoms in total. The molecule has 0 aromatic carbocycles. The van der Waals surface area contributed by atoms with Crippen molar-refractivity contribution in [2.24, 2.45) is 5.73 Å². The highest BCUT2D eigenvalue weighted by Gasteiger charge is 2.12. The van der Waals surface area contributed by atoms with Crippen LogP contribution in [0.3, 0.4) is 0 Å². The Kier molecular flexibility index (Phi) is 2.12. The Balaban J connectivity index is 2.55. The van der Waals surface area contributed by atoms with Gasteiger partial charge in [0.05, 0.1) is 6.54 Å². The number of fused-ring (bicyclic) bond motifs is 1. The number of nitrogens with two attached hydrogens (primary N) is 1. The zero-order chi connectivity index (χ0) is 9.26. The second-order valence-corrected chi connectivity index (χ2v) is 3.04. The molecule has 3 N–H and O–H groups in total. The molecule has 2 rings (SSSR count). The van der Waals surface area contributed by atoms with E-state index < -0.39 is 0 Å². The summed E-state index contributed by atoms with van der Waals surface area (Å²) >= 11 is 0. The van der Waals surface area contributed by atoms with Crippen LogP contribution in [0.15, 0.2) is 11.0 Å². The maximum Gasteiger partial charge on any atom is 0.258 e. The van der Waals surface area contributed by atoms with Crippen molar-refractivity contribution in [1.29, 1.82) is 0 Å². The van der Waals surface area contributed by atoms with Gasteiger partial charge in [0.25, 0.3) is 5.56 Å². The van der Waals surface area contributed by atoms with E-state index in [0.29, 0.717) is 18.7 Å². The molecular formula is C8H12N4O. The smallest absolute Gasteiger partial charge is 0.258 e. The zero-order valence-corrected chi connectivity index (χ0v) is 7.29. The minimum atomic E-state index is 0.00833. The first-order valence-corrected chi connectivity index (χ1v) is 4.31. The number of nitrogens with one attached hydrogen (secondary N) is 1. The molecule has 0 aliphatic carbocycles. The molecule has 1 aromatic rings. The van der Waals surface area contributed by atoms with Crippen LogP contribution in [0.5, 0.6) is 0 Å². The average Bonchev–Trinajstić information content (AvgIpc) is 2.19. The normalized spacial score (nSPS) is 15.5. The minimum absolute atomic E-state index is 0.00833.